The molecule has 0 aliphatic rings. The Hall–Kier alpha value is -7.16. The summed E-state index contributed by atoms with van der Waals surface area (Å²) in [6, 6.07) is 72.3. The second kappa shape index (κ2) is 12.2. The lowest BCUT2D eigenvalue weighted by molar-refractivity contribution is 0.672. The van der Waals surface area contributed by atoms with Crippen molar-refractivity contribution in [2.24, 2.45) is 0 Å². The van der Waals surface area contributed by atoms with Crippen molar-refractivity contribution in [3.8, 4) is 22.3 Å². The maximum atomic E-state index is 6.52. The van der Waals surface area contributed by atoms with E-state index in [0.29, 0.717) is 0 Å². The molecule has 0 saturated heterocycles. The van der Waals surface area contributed by atoms with E-state index >= 15 is 0 Å². The zero-order chi connectivity index (χ0) is 35.6. The van der Waals surface area contributed by atoms with Crippen molar-refractivity contribution in [1.82, 2.24) is 0 Å². The minimum atomic E-state index is 0.896. The summed E-state index contributed by atoms with van der Waals surface area (Å²) < 4.78 is 6.52. The second-order valence-corrected chi connectivity index (χ2v) is 14.1. The topological polar surface area (TPSA) is 16.4 Å². The molecule has 252 valence electrons. The van der Waals surface area contributed by atoms with Crippen molar-refractivity contribution in [1.29, 1.82) is 0 Å². The monoisotopic (exact) mass is 687 g/mol. The molecule has 1 heterocycles. The third-order valence-electron chi connectivity index (χ3n) is 11.0. The number of hydrogen-bond acceptors (Lipinski definition) is 2. The van der Waals surface area contributed by atoms with Gasteiger partial charge >= 0.3 is 0 Å². The lowest BCUT2D eigenvalue weighted by atomic mass is 9.93. The summed E-state index contributed by atoms with van der Waals surface area (Å²) in [7, 11) is 0. The zero-order valence-corrected chi connectivity index (χ0v) is 29.4. The molecule has 11 rings (SSSR count). The van der Waals surface area contributed by atoms with Crippen LogP contribution in [0.5, 0.6) is 0 Å². The van der Waals surface area contributed by atoms with Crippen molar-refractivity contribution in [3.63, 3.8) is 0 Å². The van der Waals surface area contributed by atoms with Crippen LogP contribution in [0.2, 0.25) is 0 Å². The molecule has 0 bridgehead atoms. The molecular weight excluding hydrogens is 655 g/mol. The predicted octanol–water partition coefficient (Wildman–Crippen LogP) is 15.0. The van der Waals surface area contributed by atoms with Gasteiger partial charge < -0.3 is 9.32 Å². The molecule has 0 fully saturated rings. The first-order chi connectivity index (χ1) is 26.8. The molecule has 54 heavy (non-hydrogen) atoms. The number of benzene rings is 10. The Labute approximate surface area is 312 Å². The quantitative estimate of drug-likeness (QED) is 0.168. The van der Waals surface area contributed by atoms with Crippen molar-refractivity contribution in [2.75, 3.05) is 4.90 Å². The van der Waals surface area contributed by atoms with Crippen LogP contribution < -0.4 is 4.90 Å². The van der Waals surface area contributed by atoms with E-state index < -0.39 is 0 Å². The van der Waals surface area contributed by atoms with Gasteiger partial charge in [0, 0.05) is 32.9 Å². The summed E-state index contributed by atoms with van der Waals surface area (Å²) in [6.07, 6.45) is 0. The SMILES string of the molecule is c1ccc2c(-c3ccc(N(c4ccc(-c5cc6ccccc6c6ccccc56)cc4)c4cc5c6ccccc6oc5c5ccccc45)cc3)cccc2c1. The first-order valence-corrected chi connectivity index (χ1v) is 18.5. The van der Waals surface area contributed by atoms with Gasteiger partial charge in [0.15, 0.2) is 0 Å². The Kier molecular flexibility index (Phi) is 6.90. The maximum Gasteiger partial charge on any atom is 0.143 e. The Morgan fingerprint density at radius 2 is 0.852 bits per heavy atom. The van der Waals surface area contributed by atoms with Crippen molar-refractivity contribution in [2.45, 2.75) is 0 Å². The third kappa shape index (κ3) is 4.81. The van der Waals surface area contributed by atoms with E-state index in [1.165, 1.54) is 54.6 Å². The lowest BCUT2D eigenvalue weighted by Gasteiger charge is -2.27. The minimum Gasteiger partial charge on any atom is -0.455 e. The average Bonchev–Trinajstić information content (AvgIpc) is 3.63. The minimum absolute atomic E-state index is 0.896. The van der Waals surface area contributed by atoms with Crippen LogP contribution in [0, 0.1) is 0 Å². The zero-order valence-electron chi connectivity index (χ0n) is 29.4. The number of rotatable bonds is 5. The highest BCUT2D eigenvalue weighted by Gasteiger charge is 2.21. The maximum absolute atomic E-state index is 6.52. The van der Waals surface area contributed by atoms with E-state index in [2.05, 4.69) is 199 Å². The van der Waals surface area contributed by atoms with Gasteiger partial charge in [0.2, 0.25) is 0 Å². The summed E-state index contributed by atoms with van der Waals surface area (Å²) in [4.78, 5) is 2.40. The molecule has 1 aromatic heterocycles. The van der Waals surface area contributed by atoms with Gasteiger partial charge in [-0.05, 0) is 97.0 Å². The number of fused-ring (bicyclic) bond motifs is 9. The normalized spacial score (nSPS) is 11.7. The van der Waals surface area contributed by atoms with Crippen LogP contribution in [0.3, 0.4) is 0 Å². The molecule has 0 aliphatic heterocycles. The Balaban J connectivity index is 1.12. The van der Waals surface area contributed by atoms with Gasteiger partial charge in [-0.15, -0.1) is 0 Å². The van der Waals surface area contributed by atoms with Crippen LogP contribution in [0.15, 0.2) is 205 Å². The molecule has 2 nitrogen and oxygen atoms in total. The fourth-order valence-corrected chi connectivity index (χ4v) is 8.49. The molecule has 11 aromatic rings. The van der Waals surface area contributed by atoms with Crippen LogP contribution in [0.1, 0.15) is 0 Å². The van der Waals surface area contributed by atoms with Crippen LogP contribution >= 0.6 is 0 Å². The van der Waals surface area contributed by atoms with Crippen LogP contribution in [0.25, 0.3) is 87.3 Å². The summed E-state index contributed by atoms with van der Waals surface area (Å²) in [5, 5.41) is 12.0. The standard InChI is InChI=1S/C52H33NO/c1-3-15-40-34(12-1)14-11-22-41(40)35-24-28-38(29-25-35)53(50-33-49-46-20-9-10-23-51(46)54-52(49)47-21-8-7-19-45(47)50)39-30-26-36(27-31-39)48-32-37-13-2-4-16-42(37)43-17-5-6-18-44(43)48/h1-33H. The van der Waals surface area contributed by atoms with Crippen LogP contribution in [-0.4, -0.2) is 0 Å². The number of para-hydroxylation sites is 1. The van der Waals surface area contributed by atoms with Crippen molar-refractivity contribution in [3.05, 3.63) is 200 Å². The first-order valence-electron chi connectivity index (χ1n) is 18.5. The number of hydrogen-bond donors (Lipinski definition) is 0. The summed E-state index contributed by atoms with van der Waals surface area (Å²) in [6.45, 7) is 0. The highest BCUT2D eigenvalue weighted by Crippen LogP contribution is 2.45. The molecule has 0 atom stereocenters. The smallest absolute Gasteiger partial charge is 0.143 e. The molecule has 0 amide bonds. The molecule has 0 unspecified atom stereocenters. The van der Waals surface area contributed by atoms with Gasteiger partial charge in [0.25, 0.3) is 0 Å². The lowest BCUT2D eigenvalue weighted by Crippen LogP contribution is -2.10. The van der Waals surface area contributed by atoms with Gasteiger partial charge in [-0.2, -0.15) is 0 Å². The Morgan fingerprint density at radius 3 is 1.59 bits per heavy atom. The Morgan fingerprint density at radius 1 is 0.315 bits per heavy atom. The highest BCUT2D eigenvalue weighted by molar-refractivity contribution is 6.20. The van der Waals surface area contributed by atoms with E-state index in [-0.39, 0.29) is 0 Å². The molecule has 0 spiro atoms. The van der Waals surface area contributed by atoms with Crippen LogP contribution in [-0.2, 0) is 0 Å². The molecule has 0 N–H and O–H groups in total. The third-order valence-corrected chi connectivity index (χ3v) is 11.0. The molecule has 0 aliphatic carbocycles. The number of nitrogens with zero attached hydrogens (tertiary/aromatic N) is 1. The summed E-state index contributed by atoms with van der Waals surface area (Å²) in [5.41, 5.74) is 9.93. The van der Waals surface area contributed by atoms with Gasteiger partial charge in [0.05, 0.1) is 5.69 Å². The summed E-state index contributed by atoms with van der Waals surface area (Å²) >= 11 is 0. The van der Waals surface area contributed by atoms with E-state index in [9.17, 15) is 0 Å². The highest BCUT2D eigenvalue weighted by atomic mass is 16.3. The van der Waals surface area contributed by atoms with Gasteiger partial charge in [-0.25, -0.2) is 0 Å². The average molecular weight is 688 g/mol. The fourth-order valence-electron chi connectivity index (χ4n) is 8.49. The number of furan rings is 1. The molecule has 2 heteroatoms. The van der Waals surface area contributed by atoms with Crippen molar-refractivity contribution >= 4 is 82.1 Å². The molecular formula is C52H33NO. The molecule has 0 saturated carbocycles. The van der Waals surface area contributed by atoms with Gasteiger partial charge in [-0.3, -0.25) is 0 Å². The first kappa shape index (κ1) is 30.5. The molecule has 10 aromatic carbocycles. The van der Waals surface area contributed by atoms with Gasteiger partial charge in [-0.1, -0.05) is 158 Å². The van der Waals surface area contributed by atoms with E-state index in [1.807, 2.05) is 6.07 Å². The van der Waals surface area contributed by atoms with E-state index in [1.54, 1.807) is 0 Å². The van der Waals surface area contributed by atoms with Crippen molar-refractivity contribution < 1.29 is 4.42 Å². The largest absolute Gasteiger partial charge is 0.455 e. The van der Waals surface area contributed by atoms with Gasteiger partial charge in [0.1, 0.15) is 11.2 Å². The summed E-state index contributed by atoms with van der Waals surface area (Å²) in [5.74, 6) is 0. The van der Waals surface area contributed by atoms with E-state index in [4.69, 9.17) is 4.42 Å². The molecule has 0 radical (unpaired) electrons. The van der Waals surface area contributed by atoms with E-state index in [0.717, 1.165) is 49.8 Å². The fraction of sp³-hybridized carbons (Fsp3) is 0. The predicted molar refractivity (Wildman–Crippen MR) is 229 cm³/mol. The Bertz CT molecular complexity index is 3200. The second-order valence-electron chi connectivity index (χ2n) is 14.1. The number of anilines is 3. The van der Waals surface area contributed by atoms with Crippen LogP contribution in [0.4, 0.5) is 17.1 Å².